The highest BCUT2D eigenvalue weighted by Crippen LogP contribution is 2.26. The van der Waals surface area contributed by atoms with Crippen molar-refractivity contribution in [3.05, 3.63) is 28.8 Å². The van der Waals surface area contributed by atoms with Crippen LogP contribution in [-0.2, 0) is 6.42 Å². The Bertz CT molecular complexity index is 416. The number of anilines is 1. The number of halogens is 1. The molecule has 21 heavy (non-hydrogen) atoms. The zero-order chi connectivity index (χ0) is 15.8. The lowest BCUT2D eigenvalue weighted by atomic mass is 10.0. The largest absolute Gasteiger partial charge is 0.371 e. The second kappa shape index (κ2) is 9.32. The molecule has 1 aromatic rings. The Kier molecular flexibility index (Phi) is 8.13. The van der Waals surface area contributed by atoms with Crippen molar-refractivity contribution in [1.29, 1.82) is 0 Å². The number of hydrogen-bond donors (Lipinski definition) is 1. The first-order chi connectivity index (χ1) is 10.0. The van der Waals surface area contributed by atoms with Crippen LogP contribution in [0.2, 0.25) is 5.02 Å². The first kappa shape index (κ1) is 18.3. The number of benzene rings is 1. The minimum absolute atomic E-state index is 0.195. The maximum atomic E-state index is 6.45. The zero-order valence-corrected chi connectivity index (χ0v) is 14.8. The van der Waals surface area contributed by atoms with Crippen molar-refractivity contribution in [2.24, 2.45) is 11.7 Å². The summed E-state index contributed by atoms with van der Waals surface area (Å²) in [4.78, 5) is 2.42. The summed E-state index contributed by atoms with van der Waals surface area (Å²) >= 11 is 6.45. The molecule has 0 bridgehead atoms. The molecule has 3 heteroatoms. The Morgan fingerprint density at radius 1 is 1.10 bits per heavy atom. The molecule has 0 aromatic heterocycles. The highest BCUT2D eigenvalue weighted by Gasteiger charge is 2.13. The van der Waals surface area contributed by atoms with Gasteiger partial charge in [-0.1, -0.05) is 51.3 Å². The van der Waals surface area contributed by atoms with Crippen LogP contribution in [-0.4, -0.2) is 19.1 Å². The van der Waals surface area contributed by atoms with E-state index in [1.807, 2.05) is 0 Å². The Labute approximate surface area is 135 Å². The van der Waals surface area contributed by atoms with Crippen molar-refractivity contribution in [3.8, 4) is 0 Å². The van der Waals surface area contributed by atoms with Gasteiger partial charge in [0.05, 0.1) is 0 Å². The maximum absolute atomic E-state index is 6.45. The molecule has 0 spiro atoms. The molecular weight excluding hydrogens is 280 g/mol. The molecule has 0 radical (unpaired) electrons. The van der Waals surface area contributed by atoms with E-state index in [0.717, 1.165) is 42.4 Å². The van der Waals surface area contributed by atoms with Gasteiger partial charge in [0.15, 0.2) is 0 Å². The predicted molar refractivity (Wildman–Crippen MR) is 95.4 cm³/mol. The highest BCUT2D eigenvalue weighted by atomic mass is 35.5. The van der Waals surface area contributed by atoms with E-state index in [1.54, 1.807) is 0 Å². The van der Waals surface area contributed by atoms with Crippen LogP contribution in [0, 0.1) is 5.92 Å². The average molecular weight is 311 g/mol. The molecule has 0 heterocycles. The van der Waals surface area contributed by atoms with Gasteiger partial charge in [-0.2, -0.15) is 0 Å². The van der Waals surface area contributed by atoms with Gasteiger partial charge in [-0.05, 0) is 43.4 Å². The van der Waals surface area contributed by atoms with E-state index in [4.69, 9.17) is 17.3 Å². The Balaban J connectivity index is 2.84. The molecule has 1 unspecified atom stereocenters. The van der Waals surface area contributed by atoms with E-state index in [0.29, 0.717) is 0 Å². The smallest absolute Gasteiger partial charge is 0.0459 e. The Morgan fingerprint density at radius 2 is 1.76 bits per heavy atom. The molecule has 120 valence electrons. The van der Waals surface area contributed by atoms with Gasteiger partial charge in [-0.3, -0.25) is 0 Å². The number of hydrogen-bond acceptors (Lipinski definition) is 2. The molecule has 0 aliphatic carbocycles. The summed E-state index contributed by atoms with van der Waals surface area (Å²) in [5, 5.41) is 0.847. The summed E-state index contributed by atoms with van der Waals surface area (Å²) in [5.41, 5.74) is 8.42. The van der Waals surface area contributed by atoms with Gasteiger partial charge in [0, 0.05) is 29.8 Å². The van der Waals surface area contributed by atoms with E-state index in [2.05, 4.69) is 50.8 Å². The lowest BCUT2D eigenvalue weighted by Crippen LogP contribution is -2.29. The van der Waals surface area contributed by atoms with Gasteiger partial charge < -0.3 is 10.6 Å². The van der Waals surface area contributed by atoms with Crippen molar-refractivity contribution in [1.82, 2.24) is 0 Å². The fraction of sp³-hybridized carbons (Fsp3) is 0.667. The number of nitrogens with zero attached hydrogens (tertiary/aromatic N) is 1. The minimum atomic E-state index is 0.195. The van der Waals surface area contributed by atoms with Gasteiger partial charge in [0.25, 0.3) is 0 Å². The summed E-state index contributed by atoms with van der Waals surface area (Å²) in [6.07, 6.45) is 4.29. The summed E-state index contributed by atoms with van der Waals surface area (Å²) < 4.78 is 0. The van der Waals surface area contributed by atoms with Crippen molar-refractivity contribution in [2.45, 2.75) is 59.4 Å². The lowest BCUT2D eigenvalue weighted by Gasteiger charge is -2.28. The molecule has 1 rings (SSSR count). The summed E-state index contributed by atoms with van der Waals surface area (Å²) in [7, 11) is 0. The normalized spacial score (nSPS) is 12.7. The minimum Gasteiger partial charge on any atom is -0.371 e. The SMILES string of the molecule is CCC(N)Cc1ccc(N(CC)CC(CC)CC)cc1Cl. The van der Waals surface area contributed by atoms with Crippen molar-refractivity contribution in [3.63, 3.8) is 0 Å². The van der Waals surface area contributed by atoms with Gasteiger partial charge in [0.2, 0.25) is 0 Å². The first-order valence-electron chi connectivity index (χ1n) is 8.34. The van der Waals surface area contributed by atoms with Crippen LogP contribution in [0.3, 0.4) is 0 Å². The van der Waals surface area contributed by atoms with E-state index >= 15 is 0 Å². The molecule has 0 amide bonds. The van der Waals surface area contributed by atoms with Gasteiger partial charge in [-0.25, -0.2) is 0 Å². The summed E-state index contributed by atoms with van der Waals surface area (Å²) in [6, 6.07) is 6.63. The second-order valence-electron chi connectivity index (χ2n) is 5.87. The van der Waals surface area contributed by atoms with E-state index < -0.39 is 0 Å². The van der Waals surface area contributed by atoms with Crippen LogP contribution in [0.5, 0.6) is 0 Å². The van der Waals surface area contributed by atoms with Gasteiger partial charge >= 0.3 is 0 Å². The molecule has 0 aliphatic rings. The fourth-order valence-electron chi connectivity index (χ4n) is 2.60. The molecule has 2 nitrogen and oxygen atoms in total. The van der Waals surface area contributed by atoms with Gasteiger partial charge in [-0.15, -0.1) is 0 Å². The zero-order valence-electron chi connectivity index (χ0n) is 14.0. The average Bonchev–Trinajstić information content (AvgIpc) is 2.50. The third-order valence-electron chi connectivity index (χ3n) is 4.42. The molecule has 0 fully saturated rings. The van der Waals surface area contributed by atoms with Gasteiger partial charge in [0.1, 0.15) is 0 Å². The van der Waals surface area contributed by atoms with Crippen molar-refractivity contribution in [2.75, 3.05) is 18.0 Å². The van der Waals surface area contributed by atoms with E-state index in [9.17, 15) is 0 Å². The molecule has 0 saturated heterocycles. The molecule has 0 aliphatic heterocycles. The summed E-state index contributed by atoms with van der Waals surface area (Å²) in [5.74, 6) is 0.747. The molecule has 1 aromatic carbocycles. The first-order valence-corrected chi connectivity index (χ1v) is 8.72. The Morgan fingerprint density at radius 3 is 2.24 bits per heavy atom. The summed E-state index contributed by atoms with van der Waals surface area (Å²) in [6.45, 7) is 11.0. The molecule has 0 saturated carbocycles. The molecule has 2 N–H and O–H groups in total. The predicted octanol–water partition coefficient (Wildman–Crippen LogP) is 4.88. The standard InChI is InChI=1S/C18H31ClN2/c1-5-14(6-2)13-21(8-4)17-10-9-15(18(19)12-17)11-16(20)7-3/h9-10,12,14,16H,5-8,11,13,20H2,1-4H3. The third-order valence-corrected chi connectivity index (χ3v) is 4.78. The topological polar surface area (TPSA) is 29.3 Å². The highest BCUT2D eigenvalue weighted by molar-refractivity contribution is 6.31. The number of rotatable bonds is 9. The van der Waals surface area contributed by atoms with Crippen LogP contribution >= 0.6 is 11.6 Å². The van der Waals surface area contributed by atoms with E-state index in [1.165, 1.54) is 18.5 Å². The second-order valence-corrected chi connectivity index (χ2v) is 6.28. The van der Waals surface area contributed by atoms with Crippen molar-refractivity contribution >= 4 is 17.3 Å². The van der Waals surface area contributed by atoms with E-state index in [-0.39, 0.29) is 6.04 Å². The molecule has 1 atom stereocenters. The number of nitrogens with two attached hydrogens (primary N) is 1. The maximum Gasteiger partial charge on any atom is 0.0459 e. The molecular formula is C18H31ClN2. The lowest BCUT2D eigenvalue weighted by molar-refractivity contribution is 0.486. The van der Waals surface area contributed by atoms with Crippen molar-refractivity contribution < 1.29 is 0 Å². The quantitative estimate of drug-likeness (QED) is 0.704. The van der Waals surface area contributed by atoms with Crippen LogP contribution in [0.4, 0.5) is 5.69 Å². The van der Waals surface area contributed by atoms with Crippen LogP contribution in [0.1, 0.15) is 52.5 Å². The monoisotopic (exact) mass is 310 g/mol. The Hall–Kier alpha value is -0.730. The third kappa shape index (κ3) is 5.52. The fourth-order valence-corrected chi connectivity index (χ4v) is 2.85. The van der Waals surface area contributed by atoms with Crippen LogP contribution in [0.15, 0.2) is 18.2 Å². The van der Waals surface area contributed by atoms with Crippen LogP contribution in [0.25, 0.3) is 0 Å². The van der Waals surface area contributed by atoms with Crippen LogP contribution < -0.4 is 10.6 Å².